The van der Waals surface area contributed by atoms with Crippen LogP contribution in [-0.2, 0) is 44.4 Å². The molecule has 0 nitrogen and oxygen atoms in total. The SMILES string of the molecule is CB(C)Cc1ccc(C)cc1.[CH2-]c1ccc(C23CC4CC(CC(C4)C2)C3)cc1.[CH3-].[CH3-].[Y+3]. The third kappa shape index (κ3) is 6.98. The van der Waals surface area contributed by atoms with Crippen LogP contribution in [0.25, 0.3) is 0 Å². The van der Waals surface area contributed by atoms with Crippen LogP contribution in [0.15, 0.2) is 48.5 Å². The van der Waals surface area contributed by atoms with Gasteiger partial charge in [0.1, 0.15) is 6.71 Å². The Hall–Kier alpha value is -0.521. The van der Waals surface area contributed by atoms with Crippen molar-refractivity contribution in [1.82, 2.24) is 0 Å². The number of hydrogen-bond donors (Lipinski definition) is 0. The minimum Gasteiger partial charge on any atom is -0.358 e. The quantitative estimate of drug-likeness (QED) is 0.302. The summed E-state index contributed by atoms with van der Waals surface area (Å²) in [5.74, 6) is 3.13. The molecule has 0 N–H and O–H groups in total. The molecule has 4 bridgehead atoms. The summed E-state index contributed by atoms with van der Waals surface area (Å²) >= 11 is 0. The predicted molar refractivity (Wildman–Crippen MR) is 136 cm³/mol. The van der Waals surface area contributed by atoms with Crippen LogP contribution in [0, 0.1) is 46.5 Å². The summed E-state index contributed by atoms with van der Waals surface area (Å²) in [6.45, 7) is 11.4. The predicted octanol–water partition coefficient (Wildman–Crippen LogP) is 8.07. The summed E-state index contributed by atoms with van der Waals surface area (Å²) in [5, 5.41) is 0. The van der Waals surface area contributed by atoms with Gasteiger partial charge in [-0.1, -0.05) is 54.6 Å². The van der Waals surface area contributed by atoms with E-state index >= 15 is 0 Å². The second kappa shape index (κ2) is 12.1. The Morgan fingerprint density at radius 3 is 1.68 bits per heavy atom. The monoisotopic (exact) mass is 490 g/mol. The van der Waals surface area contributed by atoms with E-state index in [4.69, 9.17) is 0 Å². The largest absolute Gasteiger partial charge is 3.00 e. The van der Waals surface area contributed by atoms with Crippen LogP contribution >= 0.6 is 0 Å². The van der Waals surface area contributed by atoms with E-state index < -0.39 is 0 Å². The van der Waals surface area contributed by atoms with Crippen LogP contribution in [0.1, 0.15) is 60.8 Å². The Morgan fingerprint density at radius 2 is 1.26 bits per heavy atom. The zero-order valence-corrected chi connectivity index (χ0v) is 23.5. The van der Waals surface area contributed by atoms with Crippen LogP contribution in [0.3, 0.4) is 0 Å². The molecular weight excluding hydrogens is 448 g/mol. The normalized spacial score (nSPS) is 27.0. The molecular formula is C29H42BY. The minimum atomic E-state index is 0. The van der Waals surface area contributed by atoms with Crippen LogP contribution in [-0.4, -0.2) is 6.71 Å². The molecule has 6 rings (SSSR count). The van der Waals surface area contributed by atoms with Crippen molar-refractivity contribution in [3.05, 3.63) is 92.6 Å². The third-order valence-corrected chi connectivity index (χ3v) is 7.37. The van der Waals surface area contributed by atoms with Gasteiger partial charge in [0.25, 0.3) is 0 Å². The Balaban J connectivity index is 0.000000307. The Labute approximate surface area is 219 Å². The van der Waals surface area contributed by atoms with E-state index in [-0.39, 0.29) is 47.6 Å². The fourth-order valence-electron chi connectivity index (χ4n) is 6.52. The number of aryl methyl sites for hydroxylation is 1. The molecule has 164 valence electrons. The molecule has 2 aromatic rings. The molecule has 0 unspecified atom stereocenters. The fraction of sp³-hybridized carbons (Fsp3) is 0.483. The summed E-state index contributed by atoms with van der Waals surface area (Å²) in [4.78, 5) is 0. The molecule has 0 atom stereocenters. The van der Waals surface area contributed by atoms with Crippen LogP contribution in [0.2, 0.25) is 13.6 Å². The molecule has 0 heterocycles. The third-order valence-electron chi connectivity index (χ3n) is 7.37. The van der Waals surface area contributed by atoms with Gasteiger partial charge in [0.2, 0.25) is 0 Å². The van der Waals surface area contributed by atoms with Crippen LogP contribution in [0.4, 0.5) is 0 Å². The van der Waals surface area contributed by atoms with Crippen LogP contribution in [0.5, 0.6) is 0 Å². The summed E-state index contributed by atoms with van der Waals surface area (Å²) in [6.07, 6.45) is 10.2. The van der Waals surface area contributed by atoms with E-state index in [0.717, 1.165) is 30.0 Å². The Bertz CT molecular complexity index is 740. The van der Waals surface area contributed by atoms with E-state index in [0.29, 0.717) is 5.41 Å². The fourth-order valence-corrected chi connectivity index (χ4v) is 6.52. The molecule has 0 radical (unpaired) electrons. The first-order valence-electron chi connectivity index (χ1n) is 11.4. The number of benzene rings is 2. The molecule has 2 heteroatoms. The molecule has 31 heavy (non-hydrogen) atoms. The summed E-state index contributed by atoms with van der Waals surface area (Å²) in [6, 6.07) is 17.9. The van der Waals surface area contributed by atoms with Crippen molar-refractivity contribution in [2.75, 3.05) is 0 Å². The molecule has 4 saturated carbocycles. The van der Waals surface area contributed by atoms with Crippen molar-refractivity contribution in [2.45, 2.75) is 70.8 Å². The van der Waals surface area contributed by atoms with E-state index in [1.807, 2.05) is 0 Å². The Morgan fingerprint density at radius 1 is 0.806 bits per heavy atom. The minimum absolute atomic E-state index is 0. The molecule has 0 aromatic heterocycles. The van der Waals surface area contributed by atoms with E-state index in [1.165, 1.54) is 56.0 Å². The molecule has 4 aliphatic rings. The maximum atomic E-state index is 4.01. The van der Waals surface area contributed by atoms with Gasteiger partial charge in [-0.05, 0) is 74.9 Å². The van der Waals surface area contributed by atoms with Crippen molar-refractivity contribution in [3.8, 4) is 0 Å². The first-order chi connectivity index (χ1) is 13.4. The zero-order chi connectivity index (χ0) is 19.7. The van der Waals surface area contributed by atoms with Gasteiger partial charge in [-0.2, -0.15) is 24.6 Å². The van der Waals surface area contributed by atoms with Gasteiger partial charge in [0.15, 0.2) is 0 Å². The molecule has 0 aliphatic heterocycles. The first-order valence-corrected chi connectivity index (χ1v) is 11.4. The van der Waals surface area contributed by atoms with Crippen LogP contribution < -0.4 is 0 Å². The molecule has 4 aliphatic carbocycles. The summed E-state index contributed by atoms with van der Waals surface area (Å²) < 4.78 is 0. The summed E-state index contributed by atoms with van der Waals surface area (Å²) in [7, 11) is 0. The van der Waals surface area contributed by atoms with Gasteiger partial charge in [0.05, 0.1) is 0 Å². The van der Waals surface area contributed by atoms with Crippen molar-refractivity contribution in [2.24, 2.45) is 17.8 Å². The van der Waals surface area contributed by atoms with E-state index in [9.17, 15) is 0 Å². The van der Waals surface area contributed by atoms with Crippen molar-refractivity contribution in [3.63, 3.8) is 0 Å². The number of rotatable bonds is 3. The van der Waals surface area contributed by atoms with E-state index in [1.54, 1.807) is 5.56 Å². The average molecular weight is 490 g/mol. The van der Waals surface area contributed by atoms with Gasteiger partial charge in [-0.25, -0.2) is 0 Å². The molecule has 4 fully saturated rings. The van der Waals surface area contributed by atoms with Gasteiger partial charge in [-0.15, -0.1) is 12.1 Å². The second-order valence-corrected chi connectivity index (χ2v) is 10.5. The smallest absolute Gasteiger partial charge is 0.358 e. The maximum absolute atomic E-state index is 4.01. The van der Waals surface area contributed by atoms with Gasteiger partial charge in [-0.3, -0.25) is 0 Å². The average Bonchev–Trinajstić information content (AvgIpc) is 2.63. The molecule has 0 spiro atoms. The van der Waals surface area contributed by atoms with Crippen molar-refractivity contribution < 1.29 is 32.7 Å². The van der Waals surface area contributed by atoms with Gasteiger partial charge in [0, 0.05) is 0 Å². The van der Waals surface area contributed by atoms with Gasteiger partial charge >= 0.3 is 32.7 Å². The second-order valence-electron chi connectivity index (χ2n) is 10.5. The first kappa shape index (κ1) is 28.5. The zero-order valence-electron chi connectivity index (χ0n) is 20.7. The molecule has 0 saturated heterocycles. The molecule has 0 amide bonds. The topological polar surface area (TPSA) is 0 Å². The maximum Gasteiger partial charge on any atom is 3.00 e. The van der Waals surface area contributed by atoms with Gasteiger partial charge < -0.3 is 14.9 Å². The van der Waals surface area contributed by atoms with Crippen molar-refractivity contribution >= 4 is 6.71 Å². The standard InChI is InChI=1S/C17H21.C10H15B.2CH3.Y/c1-12-2-4-16(5-3-12)17-9-13-6-14(10-17)8-15(7-13)11-17;1-9-4-6-10(7-5-9)8-11(2)3;;;/h2-5,13-15H,1,6-11H2;4-7H,8H2,1-3H3;2*1H3;/q-1;;2*-1;+3. The number of hydrogen-bond acceptors (Lipinski definition) is 0. The summed E-state index contributed by atoms with van der Waals surface area (Å²) in [5.41, 5.74) is 6.12. The molecule has 2 aromatic carbocycles. The Kier molecular flexibility index (Phi) is 11.1. The van der Waals surface area contributed by atoms with E-state index in [2.05, 4.69) is 76.0 Å². The van der Waals surface area contributed by atoms with Crippen molar-refractivity contribution in [1.29, 1.82) is 0 Å².